The summed E-state index contributed by atoms with van der Waals surface area (Å²) in [5.74, 6) is 0.109. The van der Waals surface area contributed by atoms with Gasteiger partial charge in [0.25, 0.3) is 0 Å². The lowest BCUT2D eigenvalue weighted by molar-refractivity contribution is -0.150. The molecule has 0 amide bonds. The van der Waals surface area contributed by atoms with Crippen LogP contribution >= 0.6 is 0 Å². The van der Waals surface area contributed by atoms with Crippen LogP contribution in [0.5, 0.6) is 5.75 Å². The van der Waals surface area contributed by atoms with Crippen LogP contribution in [0.2, 0.25) is 0 Å². The van der Waals surface area contributed by atoms with E-state index in [1.54, 1.807) is 31.2 Å². The highest BCUT2D eigenvalue weighted by molar-refractivity contribution is 7.89. The van der Waals surface area contributed by atoms with Crippen molar-refractivity contribution in [2.75, 3.05) is 32.1 Å². The summed E-state index contributed by atoms with van der Waals surface area (Å²) in [5, 5.41) is 8.72. The van der Waals surface area contributed by atoms with E-state index in [0.717, 1.165) is 0 Å². The van der Waals surface area contributed by atoms with E-state index in [-0.39, 0.29) is 30.9 Å². The molecule has 8 heteroatoms. The minimum Gasteiger partial charge on any atom is -0.490 e. The molecule has 1 aromatic rings. The van der Waals surface area contributed by atoms with Crippen molar-refractivity contribution in [2.24, 2.45) is 5.92 Å². The van der Waals surface area contributed by atoms with Crippen LogP contribution in [0.4, 0.5) is 0 Å². The molecule has 0 radical (unpaired) electrons. The van der Waals surface area contributed by atoms with E-state index >= 15 is 0 Å². The van der Waals surface area contributed by atoms with Crippen LogP contribution in [-0.2, 0) is 19.6 Å². The summed E-state index contributed by atoms with van der Waals surface area (Å²) in [5.41, 5.74) is 0.551. The molecular formula is C17H22N2O5S. The van der Waals surface area contributed by atoms with Crippen molar-refractivity contribution in [2.45, 2.75) is 19.8 Å². The predicted octanol–water partition coefficient (Wildman–Crippen LogP) is 1.54. The van der Waals surface area contributed by atoms with Crippen molar-refractivity contribution in [1.29, 1.82) is 5.26 Å². The summed E-state index contributed by atoms with van der Waals surface area (Å²) >= 11 is 0. The highest BCUT2D eigenvalue weighted by atomic mass is 32.2. The number of benzene rings is 1. The number of nitriles is 1. The lowest BCUT2D eigenvalue weighted by Gasteiger charge is -2.29. The Hall–Kier alpha value is -2.11. The van der Waals surface area contributed by atoms with Gasteiger partial charge in [0.05, 0.1) is 23.3 Å². The van der Waals surface area contributed by atoms with Gasteiger partial charge in [0, 0.05) is 13.1 Å². The molecule has 0 spiro atoms. The molecular weight excluding hydrogens is 344 g/mol. The molecule has 0 atom stereocenters. The number of esters is 1. The molecule has 0 aliphatic carbocycles. The first-order chi connectivity index (χ1) is 12.0. The Kier molecular flexibility index (Phi) is 6.79. The SMILES string of the molecule is CCS(=O)(=O)N1CCC(C(=O)OCCOc2ccc(C#N)cc2)CC1. The van der Waals surface area contributed by atoms with Gasteiger partial charge in [0.2, 0.25) is 10.0 Å². The second-order valence-corrected chi connectivity index (χ2v) is 7.98. The zero-order chi connectivity index (χ0) is 18.3. The first-order valence-corrected chi connectivity index (χ1v) is 9.84. The standard InChI is InChI=1S/C17H22N2O5S/c1-2-25(21,22)19-9-7-15(8-10-19)17(20)24-12-11-23-16-5-3-14(13-18)4-6-16/h3-6,15H,2,7-12H2,1H3. The molecule has 0 aromatic heterocycles. The van der Waals surface area contributed by atoms with Gasteiger partial charge in [-0.25, -0.2) is 12.7 Å². The van der Waals surface area contributed by atoms with Crippen molar-refractivity contribution in [3.63, 3.8) is 0 Å². The van der Waals surface area contributed by atoms with Gasteiger partial charge in [-0.2, -0.15) is 5.26 Å². The van der Waals surface area contributed by atoms with Crippen LogP contribution < -0.4 is 4.74 Å². The van der Waals surface area contributed by atoms with E-state index in [2.05, 4.69) is 0 Å². The van der Waals surface area contributed by atoms with E-state index < -0.39 is 10.0 Å². The van der Waals surface area contributed by atoms with Crippen molar-refractivity contribution in [3.05, 3.63) is 29.8 Å². The van der Waals surface area contributed by atoms with Crippen LogP contribution in [0.25, 0.3) is 0 Å². The molecule has 0 bridgehead atoms. The van der Waals surface area contributed by atoms with E-state index in [9.17, 15) is 13.2 Å². The van der Waals surface area contributed by atoms with Crippen LogP contribution in [0.3, 0.4) is 0 Å². The van der Waals surface area contributed by atoms with Crippen molar-refractivity contribution in [1.82, 2.24) is 4.31 Å². The molecule has 1 aliphatic heterocycles. The maximum Gasteiger partial charge on any atom is 0.309 e. The molecule has 136 valence electrons. The number of hydrogen-bond acceptors (Lipinski definition) is 6. The van der Waals surface area contributed by atoms with Gasteiger partial charge < -0.3 is 9.47 Å². The fourth-order valence-electron chi connectivity index (χ4n) is 2.60. The Bertz CT molecular complexity index is 716. The van der Waals surface area contributed by atoms with Gasteiger partial charge in [0.1, 0.15) is 19.0 Å². The largest absolute Gasteiger partial charge is 0.490 e. The lowest BCUT2D eigenvalue weighted by atomic mass is 9.98. The first kappa shape index (κ1) is 19.2. The third kappa shape index (κ3) is 5.44. The zero-order valence-corrected chi connectivity index (χ0v) is 15.0. The molecule has 25 heavy (non-hydrogen) atoms. The van der Waals surface area contributed by atoms with Crippen molar-refractivity contribution in [3.8, 4) is 11.8 Å². The Morgan fingerprint density at radius 2 is 1.88 bits per heavy atom. The quantitative estimate of drug-likeness (QED) is 0.536. The molecule has 1 aromatic carbocycles. The minimum atomic E-state index is -3.19. The fourth-order valence-corrected chi connectivity index (χ4v) is 3.73. The average Bonchev–Trinajstić information content (AvgIpc) is 2.65. The number of piperidine rings is 1. The number of rotatable bonds is 7. The monoisotopic (exact) mass is 366 g/mol. The highest BCUT2D eigenvalue weighted by Gasteiger charge is 2.30. The van der Waals surface area contributed by atoms with E-state index in [1.807, 2.05) is 6.07 Å². The number of hydrogen-bond donors (Lipinski definition) is 0. The summed E-state index contributed by atoms with van der Waals surface area (Å²) in [4.78, 5) is 12.0. The number of carbonyl (C=O) groups excluding carboxylic acids is 1. The summed E-state index contributed by atoms with van der Waals surface area (Å²) < 4.78 is 35.7. The van der Waals surface area contributed by atoms with Crippen LogP contribution in [0.1, 0.15) is 25.3 Å². The summed E-state index contributed by atoms with van der Waals surface area (Å²) in [6.07, 6.45) is 0.961. The van der Waals surface area contributed by atoms with Crippen molar-refractivity contribution >= 4 is 16.0 Å². The van der Waals surface area contributed by atoms with E-state index in [0.29, 0.717) is 37.2 Å². The molecule has 1 heterocycles. The smallest absolute Gasteiger partial charge is 0.309 e. The van der Waals surface area contributed by atoms with Crippen LogP contribution in [0, 0.1) is 17.2 Å². The first-order valence-electron chi connectivity index (χ1n) is 8.23. The maximum absolute atomic E-state index is 12.0. The van der Waals surface area contributed by atoms with Gasteiger partial charge in [0.15, 0.2) is 0 Å². The average molecular weight is 366 g/mol. The van der Waals surface area contributed by atoms with Gasteiger partial charge in [-0.15, -0.1) is 0 Å². The topological polar surface area (TPSA) is 96.7 Å². The van der Waals surface area contributed by atoms with Gasteiger partial charge >= 0.3 is 5.97 Å². The van der Waals surface area contributed by atoms with E-state index in [1.165, 1.54) is 4.31 Å². The summed E-state index contributed by atoms with van der Waals surface area (Å²) in [6.45, 7) is 2.69. The van der Waals surface area contributed by atoms with Gasteiger partial charge in [-0.1, -0.05) is 0 Å². The third-order valence-electron chi connectivity index (χ3n) is 4.13. The molecule has 2 rings (SSSR count). The highest BCUT2D eigenvalue weighted by Crippen LogP contribution is 2.21. The summed E-state index contributed by atoms with van der Waals surface area (Å²) in [7, 11) is -3.19. The molecule has 1 fully saturated rings. The minimum absolute atomic E-state index is 0.0782. The fraction of sp³-hybridized carbons (Fsp3) is 0.529. The van der Waals surface area contributed by atoms with E-state index in [4.69, 9.17) is 14.7 Å². The molecule has 7 nitrogen and oxygen atoms in total. The number of carbonyl (C=O) groups is 1. The second-order valence-electron chi connectivity index (χ2n) is 5.73. The molecule has 0 N–H and O–H groups in total. The van der Waals surface area contributed by atoms with Gasteiger partial charge in [-0.3, -0.25) is 4.79 Å². The number of ether oxygens (including phenoxy) is 2. The number of nitrogens with zero attached hydrogens (tertiary/aromatic N) is 2. The predicted molar refractivity (Wildman–Crippen MR) is 91.4 cm³/mol. The number of sulfonamides is 1. The Labute approximate surface area is 148 Å². The lowest BCUT2D eigenvalue weighted by Crippen LogP contribution is -2.41. The molecule has 1 aliphatic rings. The Morgan fingerprint density at radius 3 is 2.44 bits per heavy atom. The zero-order valence-electron chi connectivity index (χ0n) is 14.2. The maximum atomic E-state index is 12.0. The van der Waals surface area contributed by atoms with Crippen LogP contribution in [-0.4, -0.2) is 50.7 Å². The third-order valence-corrected chi connectivity index (χ3v) is 6.01. The summed E-state index contributed by atoms with van der Waals surface area (Å²) in [6, 6.07) is 8.70. The molecule has 1 saturated heterocycles. The normalized spacial score (nSPS) is 16.2. The molecule has 0 saturated carbocycles. The van der Waals surface area contributed by atoms with Gasteiger partial charge in [-0.05, 0) is 44.0 Å². The Morgan fingerprint density at radius 1 is 1.24 bits per heavy atom. The second kappa shape index (κ2) is 8.83. The Balaban J connectivity index is 1.68. The van der Waals surface area contributed by atoms with Crippen molar-refractivity contribution < 1.29 is 22.7 Å². The van der Waals surface area contributed by atoms with Crippen LogP contribution in [0.15, 0.2) is 24.3 Å². The molecule has 0 unspecified atom stereocenters.